The van der Waals surface area contributed by atoms with Crippen molar-refractivity contribution >= 4 is 25.7 Å². The van der Waals surface area contributed by atoms with Crippen LogP contribution in [0.4, 0.5) is 0 Å². The quantitative estimate of drug-likeness (QED) is 0.0197. The first kappa shape index (κ1) is 73.6. The largest absolute Gasteiger partial charge is 0.472 e. The van der Waals surface area contributed by atoms with Gasteiger partial charge in [-0.3, -0.25) is 23.4 Å². The van der Waals surface area contributed by atoms with E-state index in [1.54, 1.807) is 6.08 Å². The van der Waals surface area contributed by atoms with Gasteiger partial charge in [0.1, 0.15) is 12.7 Å². The van der Waals surface area contributed by atoms with Gasteiger partial charge in [-0.2, -0.15) is 0 Å². The summed E-state index contributed by atoms with van der Waals surface area (Å²) in [6.45, 7) is 4.25. The number of unbranched alkanes of at least 4 members (excludes halogenated alkanes) is 16. The third kappa shape index (κ3) is 56.3. The second-order valence-electron chi connectivity index (χ2n) is 19.4. The van der Waals surface area contributed by atoms with Gasteiger partial charge in [-0.25, -0.2) is 4.57 Å². The fourth-order valence-corrected chi connectivity index (χ4v) is 8.35. The zero-order valence-electron chi connectivity index (χ0n) is 48.8. The predicted octanol–water partition coefficient (Wildman–Crippen LogP) is 18.1. The second kappa shape index (κ2) is 58.8. The summed E-state index contributed by atoms with van der Waals surface area (Å²) in [6.07, 6.45) is 74.4. The Labute approximate surface area is 474 Å². The van der Waals surface area contributed by atoms with Crippen molar-refractivity contribution in [1.29, 1.82) is 0 Å². The van der Waals surface area contributed by atoms with Crippen LogP contribution in [-0.4, -0.2) is 66.5 Å². The molecular formula is C66H107O11P. The van der Waals surface area contributed by atoms with Gasteiger partial charge in [-0.15, -0.1) is 0 Å². The fraction of sp³-hybridized carbons (Fsp3) is 0.621. The highest BCUT2D eigenvalue weighted by atomic mass is 31.2. The van der Waals surface area contributed by atoms with E-state index in [4.69, 9.17) is 23.3 Å². The van der Waals surface area contributed by atoms with Crippen molar-refractivity contribution in [2.45, 2.75) is 238 Å². The van der Waals surface area contributed by atoms with Gasteiger partial charge in [0.25, 0.3) is 0 Å². The summed E-state index contributed by atoms with van der Waals surface area (Å²) >= 11 is 0. The Morgan fingerprint density at radius 1 is 0.385 bits per heavy atom. The first-order chi connectivity index (χ1) is 38.2. The zero-order valence-corrected chi connectivity index (χ0v) is 49.7. The van der Waals surface area contributed by atoms with Gasteiger partial charge in [0.05, 0.1) is 26.2 Å². The van der Waals surface area contributed by atoms with E-state index in [2.05, 4.69) is 130 Å². The second-order valence-corrected chi connectivity index (χ2v) is 20.9. The Morgan fingerprint density at radius 3 is 1.15 bits per heavy atom. The molecule has 442 valence electrons. The Morgan fingerprint density at radius 2 is 0.718 bits per heavy atom. The number of hydrogen-bond acceptors (Lipinski definition) is 10. The molecule has 0 fully saturated rings. The SMILES string of the molecule is CC/C=C\C/C=C\C/C=C\C/C=C\C/C=C\CCCCCC(=O)OCC(COP(=O)(O)OCC(CO)OC(=O)C/C=C\C/C=C\C/C=C\C/C=C\C/C=C\CC)OC(=O)CCCCCCCCC/C=C\CCCCCCCC. The molecule has 0 rings (SSSR count). The number of ether oxygens (including phenoxy) is 3. The van der Waals surface area contributed by atoms with E-state index in [-0.39, 0.29) is 25.9 Å². The highest BCUT2D eigenvalue weighted by Crippen LogP contribution is 2.43. The number of aliphatic hydroxyl groups is 1. The van der Waals surface area contributed by atoms with Crippen LogP contribution in [0.1, 0.15) is 226 Å². The molecule has 2 N–H and O–H groups in total. The van der Waals surface area contributed by atoms with Crippen molar-refractivity contribution in [2.24, 2.45) is 0 Å². The summed E-state index contributed by atoms with van der Waals surface area (Å²) in [5, 5.41) is 9.81. The highest BCUT2D eigenvalue weighted by Gasteiger charge is 2.28. The molecule has 0 aliphatic heterocycles. The molecular weight excluding hydrogens is 1000 g/mol. The van der Waals surface area contributed by atoms with E-state index in [0.717, 1.165) is 109 Å². The number of carbonyl (C=O) groups is 3. The molecule has 12 heteroatoms. The van der Waals surface area contributed by atoms with Gasteiger partial charge in [0.2, 0.25) is 0 Å². The third-order valence-electron chi connectivity index (χ3n) is 12.1. The molecule has 0 spiro atoms. The summed E-state index contributed by atoms with van der Waals surface area (Å²) in [7, 11) is -4.79. The average Bonchev–Trinajstić information content (AvgIpc) is 3.43. The number of hydrogen-bond donors (Lipinski definition) is 2. The number of aliphatic hydroxyl groups excluding tert-OH is 1. The third-order valence-corrected chi connectivity index (χ3v) is 13.0. The minimum atomic E-state index is -4.79. The van der Waals surface area contributed by atoms with E-state index >= 15 is 0 Å². The molecule has 3 atom stereocenters. The van der Waals surface area contributed by atoms with Crippen LogP contribution < -0.4 is 0 Å². The van der Waals surface area contributed by atoms with Crippen molar-refractivity contribution in [3.8, 4) is 0 Å². The summed E-state index contributed by atoms with van der Waals surface area (Å²) in [5.74, 6) is -1.66. The monoisotopic (exact) mass is 1110 g/mol. The first-order valence-corrected chi connectivity index (χ1v) is 31.6. The van der Waals surface area contributed by atoms with Crippen molar-refractivity contribution in [3.05, 3.63) is 134 Å². The number of phosphoric ester groups is 1. The Kier molecular flexibility index (Phi) is 55.5. The van der Waals surface area contributed by atoms with Crippen LogP contribution in [0.3, 0.4) is 0 Å². The van der Waals surface area contributed by atoms with Gasteiger partial charge in [-0.05, 0) is 116 Å². The smallest absolute Gasteiger partial charge is 0.462 e. The lowest BCUT2D eigenvalue weighted by atomic mass is 10.1. The van der Waals surface area contributed by atoms with E-state index in [9.17, 15) is 28.9 Å². The Balaban J connectivity index is 4.88. The normalized spacial score (nSPS) is 14.3. The highest BCUT2D eigenvalue weighted by molar-refractivity contribution is 7.47. The molecule has 0 bridgehead atoms. The minimum Gasteiger partial charge on any atom is -0.462 e. The van der Waals surface area contributed by atoms with Crippen LogP contribution in [0.25, 0.3) is 0 Å². The molecule has 78 heavy (non-hydrogen) atoms. The molecule has 0 aromatic heterocycles. The Hall–Kier alpha value is -4.38. The van der Waals surface area contributed by atoms with E-state index < -0.39 is 57.8 Å². The maximum atomic E-state index is 12.9. The zero-order chi connectivity index (χ0) is 56.9. The summed E-state index contributed by atoms with van der Waals surface area (Å²) in [5.41, 5.74) is 0. The van der Waals surface area contributed by atoms with E-state index in [1.807, 2.05) is 18.2 Å². The molecule has 0 heterocycles. The average molecular weight is 1110 g/mol. The summed E-state index contributed by atoms with van der Waals surface area (Å²) in [4.78, 5) is 48.6. The molecule has 0 aromatic rings. The van der Waals surface area contributed by atoms with Gasteiger partial charge in [0.15, 0.2) is 6.10 Å². The van der Waals surface area contributed by atoms with Crippen LogP contribution in [0, 0.1) is 0 Å². The van der Waals surface area contributed by atoms with Gasteiger partial charge in [0, 0.05) is 12.8 Å². The Bertz CT molecular complexity index is 1820. The number of carbonyl (C=O) groups excluding carboxylic acids is 3. The molecule has 0 amide bonds. The van der Waals surface area contributed by atoms with Crippen LogP contribution >= 0.6 is 7.82 Å². The van der Waals surface area contributed by atoms with Crippen molar-refractivity contribution in [3.63, 3.8) is 0 Å². The van der Waals surface area contributed by atoms with Crippen molar-refractivity contribution in [2.75, 3.05) is 26.4 Å². The van der Waals surface area contributed by atoms with E-state index in [1.165, 1.54) is 57.8 Å². The lowest BCUT2D eigenvalue weighted by Gasteiger charge is -2.21. The number of esters is 3. The van der Waals surface area contributed by atoms with Crippen molar-refractivity contribution < 1.29 is 52.2 Å². The molecule has 11 nitrogen and oxygen atoms in total. The molecule has 0 saturated heterocycles. The van der Waals surface area contributed by atoms with Gasteiger partial charge < -0.3 is 24.2 Å². The van der Waals surface area contributed by atoms with Crippen LogP contribution in [0.15, 0.2) is 134 Å². The standard InChI is InChI=1S/C66H107O11P/c1-4-7-10-13-16-19-22-25-28-30-31-33-35-37-40-43-46-49-52-55-64(68)73-59-63(77-66(70)57-54-51-48-45-42-39-36-32-29-26-23-20-17-14-11-8-5-2)61-75-78(71,72)74-60-62(58-67)76-65(69)56-53-50-47-44-41-38-34-27-24-21-18-15-12-9-6-3/h7,9-10,12,16,18-19,21,25-29,31,33-34,37,40-41,44,50,53,62-63,67H,4-6,8,11,13-15,17,20,22-24,30,32,35-36,38-39,42-43,45-49,51-52,54-61H2,1-3H3,(H,71,72)/b10-7-,12-9-,19-16-,21-18-,28-25-,29-26-,33-31-,34-27-,40-37-,44-41-,53-50-. The predicted molar refractivity (Wildman–Crippen MR) is 325 cm³/mol. The molecule has 0 aromatic carbocycles. The summed E-state index contributed by atoms with van der Waals surface area (Å²) < 4.78 is 39.4. The molecule has 0 aliphatic carbocycles. The van der Waals surface area contributed by atoms with Crippen LogP contribution in [-0.2, 0) is 42.2 Å². The first-order valence-electron chi connectivity index (χ1n) is 30.1. The number of phosphoric acid groups is 1. The number of rotatable bonds is 54. The summed E-state index contributed by atoms with van der Waals surface area (Å²) in [6, 6.07) is 0. The van der Waals surface area contributed by atoms with Gasteiger partial charge >= 0.3 is 25.7 Å². The molecule has 3 unspecified atom stereocenters. The van der Waals surface area contributed by atoms with E-state index in [0.29, 0.717) is 19.3 Å². The molecule has 0 radical (unpaired) electrons. The lowest BCUT2D eigenvalue weighted by molar-refractivity contribution is -0.161. The molecule has 0 saturated carbocycles. The topological polar surface area (TPSA) is 155 Å². The van der Waals surface area contributed by atoms with Crippen LogP contribution in [0.5, 0.6) is 0 Å². The minimum absolute atomic E-state index is 0.0638. The van der Waals surface area contributed by atoms with Gasteiger partial charge in [-0.1, -0.05) is 225 Å². The maximum Gasteiger partial charge on any atom is 0.472 e. The van der Waals surface area contributed by atoms with Crippen LogP contribution in [0.2, 0.25) is 0 Å². The van der Waals surface area contributed by atoms with Crippen molar-refractivity contribution in [1.82, 2.24) is 0 Å². The maximum absolute atomic E-state index is 12.9. The molecule has 0 aliphatic rings. The number of allylic oxidation sites excluding steroid dienone is 21. The fourth-order valence-electron chi connectivity index (χ4n) is 7.57. The lowest BCUT2D eigenvalue weighted by Crippen LogP contribution is -2.30.